The summed E-state index contributed by atoms with van der Waals surface area (Å²) in [7, 11) is 0. The number of rotatable bonds is 7. The predicted octanol–water partition coefficient (Wildman–Crippen LogP) is 4.65. The predicted molar refractivity (Wildman–Crippen MR) is 107 cm³/mol. The van der Waals surface area contributed by atoms with Gasteiger partial charge in [-0.25, -0.2) is 4.79 Å². The van der Waals surface area contributed by atoms with Gasteiger partial charge in [0.25, 0.3) is 0 Å². The Morgan fingerprint density at radius 1 is 1.12 bits per heavy atom. The molecule has 138 valence electrons. The highest BCUT2D eigenvalue weighted by Crippen LogP contribution is 2.27. The van der Waals surface area contributed by atoms with Crippen molar-refractivity contribution in [1.82, 2.24) is 5.32 Å². The highest BCUT2D eigenvalue weighted by atomic mass is 79.9. The van der Waals surface area contributed by atoms with Gasteiger partial charge in [-0.3, -0.25) is 4.79 Å². The zero-order chi connectivity index (χ0) is 18.9. The Bertz CT molecular complexity index is 786. The van der Waals surface area contributed by atoms with E-state index in [0.29, 0.717) is 41.7 Å². The van der Waals surface area contributed by atoms with Crippen LogP contribution in [0.2, 0.25) is 5.02 Å². The first kappa shape index (κ1) is 20.1. The molecule has 0 atom stereocenters. The average Bonchev–Trinajstić information content (AvgIpc) is 2.56. The molecule has 0 aliphatic rings. The minimum Gasteiger partial charge on any atom is -0.492 e. The molecule has 0 heterocycles. The van der Waals surface area contributed by atoms with Gasteiger partial charge in [0.05, 0.1) is 11.6 Å². The number of nitrogens with one attached hydrogen (secondary N) is 3. The third-order valence-corrected chi connectivity index (χ3v) is 3.99. The third-order valence-electron chi connectivity index (χ3n) is 3.20. The molecule has 0 saturated heterocycles. The Labute approximate surface area is 165 Å². The van der Waals surface area contributed by atoms with Crippen molar-refractivity contribution in [2.45, 2.75) is 13.3 Å². The highest BCUT2D eigenvalue weighted by Gasteiger charge is 2.04. The summed E-state index contributed by atoms with van der Waals surface area (Å²) in [5.74, 6) is 0.437. The molecule has 0 aliphatic heterocycles. The molecule has 0 aromatic heterocycles. The van der Waals surface area contributed by atoms with Gasteiger partial charge in [0, 0.05) is 29.3 Å². The summed E-state index contributed by atoms with van der Waals surface area (Å²) in [5.41, 5.74) is 1.21. The van der Waals surface area contributed by atoms with Gasteiger partial charge in [-0.1, -0.05) is 33.6 Å². The normalized spacial score (nSPS) is 10.1. The van der Waals surface area contributed by atoms with Crippen molar-refractivity contribution in [2.24, 2.45) is 0 Å². The van der Waals surface area contributed by atoms with Crippen LogP contribution in [0.15, 0.2) is 46.9 Å². The molecule has 2 rings (SSSR count). The van der Waals surface area contributed by atoms with Gasteiger partial charge in [0.15, 0.2) is 0 Å². The Morgan fingerprint density at radius 2 is 1.85 bits per heavy atom. The molecule has 26 heavy (non-hydrogen) atoms. The van der Waals surface area contributed by atoms with E-state index in [1.807, 2.05) is 6.07 Å². The highest BCUT2D eigenvalue weighted by molar-refractivity contribution is 9.10. The number of carbonyl (C=O) groups excluding carboxylic acids is 2. The quantitative estimate of drug-likeness (QED) is 0.548. The number of benzene rings is 2. The molecule has 0 aliphatic carbocycles. The number of halogens is 2. The van der Waals surface area contributed by atoms with E-state index in [1.165, 1.54) is 6.92 Å². The first-order valence-corrected chi connectivity index (χ1v) is 9.11. The topological polar surface area (TPSA) is 79.5 Å². The van der Waals surface area contributed by atoms with E-state index in [0.717, 1.165) is 4.47 Å². The second kappa shape index (κ2) is 10.0. The van der Waals surface area contributed by atoms with Gasteiger partial charge in [-0.05, 0) is 42.8 Å². The summed E-state index contributed by atoms with van der Waals surface area (Å²) in [6, 6.07) is 12.0. The molecular weight excluding hydrogens is 422 g/mol. The molecule has 3 N–H and O–H groups in total. The van der Waals surface area contributed by atoms with E-state index < -0.39 is 0 Å². The number of hydrogen-bond donors (Lipinski definition) is 3. The molecule has 0 saturated carbocycles. The largest absolute Gasteiger partial charge is 0.492 e. The van der Waals surface area contributed by atoms with Gasteiger partial charge < -0.3 is 20.7 Å². The zero-order valence-electron chi connectivity index (χ0n) is 14.1. The van der Waals surface area contributed by atoms with Crippen LogP contribution < -0.4 is 20.7 Å². The summed E-state index contributed by atoms with van der Waals surface area (Å²) >= 11 is 9.40. The first-order valence-electron chi connectivity index (χ1n) is 7.94. The number of amides is 3. The number of anilines is 2. The van der Waals surface area contributed by atoms with Crippen LogP contribution in [0.3, 0.4) is 0 Å². The molecule has 6 nitrogen and oxygen atoms in total. The molecule has 2 aromatic carbocycles. The molecule has 3 amide bonds. The summed E-state index contributed by atoms with van der Waals surface area (Å²) < 4.78 is 6.46. The van der Waals surface area contributed by atoms with Crippen molar-refractivity contribution in [3.8, 4) is 5.75 Å². The lowest BCUT2D eigenvalue weighted by atomic mass is 10.2. The van der Waals surface area contributed by atoms with Gasteiger partial charge >= 0.3 is 6.03 Å². The summed E-state index contributed by atoms with van der Waals surface area (Å²) in [4.78, 5) is 23.0. The van der Waals surface area contributed by atoms with Crippen LogP contribution in [-0.4, -0.2) is 25.1 Å². The molecule has 0 fully saturated rings. The third kappa shape index (κ3) is 6.93. The first-order chi connectivity index (χ1) is 12.4. The van der Waals surface area contributed by atoms with Gasteiger partial charge in [0.1, 0.15) is 5.75 Å². The van der Waals surface area contributed by atoms with Gasteiger partial charge in [-0.15, -0.1) is 0 Å². The second-order valence-electron chi connectivity index (χ2n) is 5.42. The lowest BCUT2D eigenvalue weighted by Gasteiger charge is -2.10. The number of hydrogen-bond acceptors (Lipinski definition) is 3. The molecule has 0 bridgehead atoms. The van der Waals surface area contributed by atoms with Crippen molar-refractivity contribution in [2.75, 3.05) is 23.8 Å². The standard InChI is InChI=1S/C18H19BrClN3O3/c1-12(24)22-14-4-2-5-15(11-14)23-18(25)21-8-3-9-26-17-7-6-13(19)10-16(17)20/h2,4-7,10-11H,3,8-9H2,1H3,(H,22,24)(H2,21,23,25). The summed E-state index contributed by atoms with van der Waals surface area (Å²) in [6.07, 6.45) is 0.631. The Kier molecular flexibility index (Phi) is 7.74. The maximum atomic E-state index is 11.9. The number of ether oxygens (including phenoxy) is 1. The Balaban J connectivity index is 1.69. The molecule has 8 heteroatoms. The van der Waals surface area contributed by atoms with Gasteiger partial charge in [-0.2, -0.15) is 0 Å². The molecular formula is C18H19BrClN3O3. The Morgan fingerprint density at radius 3 is 2.54 bits per heavy atom. The van der Waals surface area contributed by atoms with Crippen LogP contribution in [0.25, 0.3) is 0 Å². The lowest BCUT2D eigenvalue weighted by molar-refractivity contribution is -0.114. The van der Waals surface area contributed by atoms with E-state index in [9.17, 15) is 9.59 Å². The van der Waals surface area contributed by atoms with Crippen LogP contribution in [0.1, 0.15) is 13.3 Å². The smallest absolute Gasteiger partial charge is 0.319 e. The Hall–Kier alpha value is -2.25. The second-order valence-corrected chi connectivity index (χ2v) is 6.74. The van der Waals surface area contributed by atoms with Crippen molar-refractivity contribution >= 4 is 50.8 Å². The van der Waals surface area contributed by atoms with Crippen molar-refractivity contribution in [1.29, 1.82) is 0 Å². The fraction of sp³-hybridized carbons (Fsp3) is 0.222. The molecule has 0 unspecified atom stereocenters. The van der Waals surface area contributed by atoms with E-state index in [4.69, 9.17) is 16.3 Å². The lowest BCUT2D eigenvalue weighted by Crippen LogP contribution is -2.30. The monoisotopic (exact) mass is 439 g/mol. The van der Waals surface area contributed by atoms with E-state index >= 15 is 0 Å². The van der Waals surface area contributed by atoms with Crippen LogP contribution in [0.5, 0.6) is 5.75 Å². The van der Waals surface area contributed by atoms with Crippen LogP contribution >= 0.6 is 27.5 Å². The van der Waals surface area contributed by atoms with Gasteiger partial charge in [0.2, 0.25) is 5.91 Å². The SMILES string of the molecule is CC(=O)Nc1cccc(NC(=O)NCCCOc2ccc(Br)cc2Cl)c1. The zero-order valence-corrected chi connectivity index (χ0v) is 16.5. The average molecular weight is 441 g/mol. The van der Waals surface area contributed by atoms with Crippen molar-refractivity contribution < 1.29 is 14.3 Å². The maximum Gasteiger partial charge on any atom is 0.319 e. The van der Waals surface area contributed by atoms with E-state index in [2.05, 4.69) is 31.9 Å². The van der Waals surface area contributed by atoms with Crippen LogP contribution in [0.4, 0.5) is 16.2 Å². The van der Waals surface area contributed by atoms with Crippen molar-refractivity contribution in [3.63, 3.8) is 0 Å². The van der Waals surface area contributed by atoms with E-state index in [-0.39, 0.29) is 11.9 Å². The number of carbonyl (C=O) groups is 2. The molecule has 0 radical (unpaired) electrons. The number of urea groups is 1. The molecule has 2 aromatic rings. The van der Waals surface area contributed by atoms with Crippen LogP contribution in [-0.2, 0) is 4.79 Å². The molecule has 0 spiro atoms. The van der Waals surface area contributed by atoms with Crippen molar-refractivity contribution in [3.05, 3.63) is 52.0 Å². The van der Waals surface area contributed by atoms with E-state index in [1.54, 1.807) is 36.4 Å². The minimum absolute atomic E-state index is 0.169. The summed E-state index contributed by atoms with van der Waals surface area (Å²) in [5, 5.41) is 8.65. The minimum atomic E-state index is -0.327. The fourth-order valence-corrected chi connectivity index (χ4v) is 2.83. The maximum absolute atomic E-state index is 11.9. The fourth-order valence-electron chi connectivity index (χ4n) is 2.10. The van der Waals surface area contributed by atoms with Crippen LogP contribution in [0, 0.1) is 0 Å². The summed E-state index contributed by atoms with van der Waals surface area (Å²) in [6.45, 7) is 2.31.